The van der Waals surface area contributed by atoms with Gasteiger partial charge >= 0.3 is 3.98 Å². The van der Waals surface area contributed by atoms with Crippen molar-refractivity contribution in [2.75, 3.05) is 19.8 Å². The summed E-state index contributed by atoms with van der Waals surface area (Å²) < 4.78 is 8.91. The Morgan fingerprint density at radius 2 is 1.93 bits per heavy atom. The van der Waals surface area contributed by atoms with Crippen molar-refractivity contribution in [1.29, 1.82) is 0 Å². The van der Waals surface area contributed by atoms with E-state index in [-0.39, 0.29) is 19.8 Å². The summed E-state index contributed by atoms with van der Waals surface area (Å²) in [5.74, 6) is -0.915. The second kappa shape index (κ2) is 7.05. The summed E-state index contributed by atoms with van der Waals surface area (Å²) in [6.07, 6.45) is 0.501. The summed E-state index contributed by atoms with van der Waals surface area (Å²) >= 11 is 1.48. The predicted octanol–water partition coefficient (Wildman–Crippen LogP) is 1.25. The molecule has 2 radical (unpaired) electrons. The van der Waals surface area contributed by atoms with Crippen LogP contribution in [0.2, 0.25) is 0 Å². The summed E-state index contributed by atoms with van der Waals surface area (Å²) in [5, 5.41) is 9.18. The topological polar surface area (TPSA) is 72.8 Å². The lowest BCUT2D eigenvalue weighted by atomic mass is 9.88. The van der Waals surface area contributed by atoms with Gasteiger partial charge in [-0.2, -0.15) is 0 Å². The molecule has 15 heavy (non-hydrogen) atoms. The van der Waals surface area contributed by atoms with Gasteiger partial charge in [0.25, 0.3) is 0 Å². The molecule has 0 aliphatic carbocycles. The van der Waals surface area contributed by atoms with Gasteiger partial charge in [-0.15, -0.1) is 0 Å². The molecule has 0 heterocycles. The van der Waals surface area contributed by atoms with Crippen LogP contribution in [0.1, 0.15) is 13.3 Å². The molecule has 0 aliphatic rings. The Bertz CT molecular complexity index is 209. The maximum atomic E-state index is 10.6. The number of carbonyl (C=O) groups is 2. The molecule has 1 unspecified atom stereocenters. The lowest BCUT2D eigenvalue weighted by molar-refractivity contribution is -0.00127. The Hall–Kier alpha value is -0.305. The van der Waals surface area contributed by atoms with E-state index < -0.39 is 15.3 Å². The molecule has 0 amide bonds. The predicted molar refractivity (Wildman–Crippen MR) is 62.3 cm³/mol. The van der Waals surface area contributed by atoms with Crippen molar-refractivity contribution in [3.63, 3.8) is 0 Å². The largest absolute Gasteiger partial charge is 0.474 e. The van der Waals surface area contributed by atoms with E-state index in [1.54, 1.807) is 6.92 Å². The van der Waals surface area contributed by atoms with Crippen molar-refractivity contribution < 1.29 is 24.2 Å². The highest BCUT2D eigenvalue weighted by Crippen LogP contribution is 2.23. The Labute approximate surface area is 103 Å². The first kappa shape index (κ1) is 14.7. The number of aliphatic hydroxyl groups excluding tert-OH is 1. The van der Waals surface area contributed by atoms with Crippen LogP contribution in [0.4, 0.5) is 9.59 Å². The third-order valence-electron chi connectivity index (χ3n) is 2.10. The van der Waals surface area contributed by atoms with Gasteiger partial charge in [-0.25, -0.2) is 4.79 Å². The number of carbonyl (C=O) groups excluding carboxylic acids is 2. The molecule has 0 aromatic carbocycles. The first-order valence-electron chi connectivity index (χ1n) is 4.31. The van der Waals surface area contributed by atoms with Gasteiger partial charge in [-0.1, -0.05) is 6.92 Å². The highest BCUT2D eigenvalue weighted by Gasteiger charge is 2.30. The molecule has 0 bridgehead atoms. The van der Waals surface area contributed by atoms with Crippen molar-refractivity contribution in [1.82, 2.24) is 0 Å². The van der Waals surface area contributed by atoms with Gasteiger partial charge in [0.05, 0.1) is 34.6 Å². The number of hydrogen-bond acceptors (Lipinski definition) is 5. The Kier molecular flexibility index (Phi) is 6.91. The Morgan fingerprint density at radius 3 is 2.27 bits per heavy atom. The highest BCUT2D eigenvalue weighted by atomic mass is 127. The molecular weight excluding hydrogens is 314 g/mol. The minimum absolute atomic E-state index is 0.00491. The number of hydrogen-bond donors (Lipinski definition) is 1. The fraction of sp³-hybridized carbons (Fsp3) is 0.750. The quantitative estimate of drug-likeness (QED) is 0.452. The SMILES string of the molecule is [B]C(=O)OCC(CC)(CO)COC(=O)I. The second-order valence-electron chi connectivity index (χ2n) is 3.15. The second-order valence-corrected chi connectivity index (χ2v) is 4.03. The standard InChI is InChI=1S/C8H12BIO5/c1-2-8(3-11,4-14-6(9)12)5-15-7(10)13/h11H,2-5H2,1H3. The monoisotopic (exact) mass is 326 g/mol. The first-order chi connectivity index (χ1) is 6.95. The van der Waals surface area contributed by atoms with Gasteiger partial charge in [-0.3, -0.25) is 4.79 Å². The van der Waals surface area contributed by atoms with Crippen molar-refractivity contribution in [3.05, 3.63) is 0 Å². The third kappa shape index (κ3) is 5.98. The van der Waals surface area contributed by atoms with Crippen LogP contribution in [-0.2, 0) is 9.47 Å². The molecule has 0 saturated carbocycles. The lowest BCUT2D eigenvalue weighted by Gasteiger charge is -2.28. The zero-order valence-electron chi connectivity index (χ0n) is 8.36. The van der Waals surface area contributed by atoms with Gasteiger partial charge in [0.2, 0.25) is 13.7 Å². The van der Waals surface area contributed by atoms with Gasteiger partial charge < -0.3 is 14.6 Å². The molecule has 7 heteroatoms. The van der Waals surface area contributed by atoms with Crippen molar-refractivity contribution in [2.24, 2.45) is 5.41 Å². The van der Waals surface area contributed by atoms with Crippen LogP contribution in [0.5, 0.6) is 0 Å². The number of halogens is 1. The molecule has 1 atom stereocenters. The first-order valence-corrected chi connectivity index (χ1v) is 5.39. The van der Waals surface area contributed by atoms with Crippen LogP contribution < -0.4 is 0 Å². The van der Waals surface area contributed by atoms with E-state index in [2.05, 4.69) is 4.74 Å². The molecule has 0 spiro atoms. The van der Waals surface area contributed by atoms with E-state index >= 15 is 0 Å². The van der Waals surface area contributed by atoms with Gasteiger partial charge in [-0.05, 0) is 6.42 Å². The molecule has 0 aliphatic heterocycles. The molecule has 0 aromatic heterocycles. The zero-order chi connectivity index (χ0) is 11.9. The average Bonchev–Trinajstić information content (AvgIpc) is 2.19. The minimum atomic E-state index is -0.915. The average molecular weight is 326 g/mol. The third-order valence-corrected chi connectivity index (χ3v) is 2.41. The summed E-state index contributed by atoms with van der Waals surface area (Å²) in [6.45, 7) is 1.47. The van der Waals surface area contributed by atoms with Crippen LogP contribution in [0.3, 0.4) is 0 Å². The maximum Gasteiger partial charge on any atom is 0.367 e. The maximum absolute atomic E-state index is 10.6. The van der Waals surface area contributed by atoms with Crippen molar-refractivity contribution in [3.8, 4) is 0 Å². The smallest absolute Gasteiger partial charge is 0.367 e. The summed E-state index contributed by atoms with van der Waals surface area (Å²) in [7, 11) is 4.81. The van der Waals surface area contributed by atoms with E-state index in [9.17, 15) is 14.7 Å². The molecule has 0 rings (SSSR count). The molecule has 0 aromatic rings. The Balaban J connectivity index is 4.29. The van der Waals surface area contributed by atoms with Gasteiger partial charge in [0.15, 0.2) is 0 Å². The summed E-state index contributed by atoms with van der Waals surface area (Å²) in [6, 6.07) is 0. The van der Waals surface area contributed by atoms with Crippen LogP contribution in [0, 0.1) is 5.41 Å². The van der Waals surface area contributed by atoms with Crippen LogP contribution in [0.25, 0.3) is 0 Å². The Morgan fingerprint density at radius 1 is 1.40 bits per heavy atom. The summed E-state index contributed by atoms with van der Waals surface area (Å²) in [4.78, 5) is 21.0. The fourth-order valence-electron chi connectivity index (χ4n) is 0.883. The van der Waals surface area contributed by atoms with Crippen molar-refractivity contribution >= 4 is 40.3 Å². The van der Waals surface area contributed by atoms with E-state index in [0.29, 0.717) is 6.42 Å². The van der Waals surface area contributed by atoms with E-state index in [4.69, 9.17) is 12.6 Å². The lowest BCUT2D eigenvalue weighted by Crippen LogP contribution is -2.36. The van der Waals surface area contributed by atoms with E-state index in [1.807, 2.05) is 0 Å². The van der Waals surface area contributed by atoms with E-state index in [0.717, 1.165) is 0 Å². The molecular formula is C8H12BIO5. The fourth-order valence-corrected chi connectivity index (χ4v) is 1.04. The van der Waals surface area contributed by atoms with Crippen molar-refractivity contribution in [2.45, 2.75) is 13.3 Å². The van der Waals surface area contributed by atoms with E-state index in [1.165, 1.54) is 22.6 Å². The number of rotatable bonds is 6. The zero-order valence-corrected chi connectivity index (χ0v) is 10.5. The minimum Gasteiger partial charge on any atom is -0.474 e. The highest BCUT2D eigenvalue weighted by molar-refractivity contribution is 14.1. The summed E-state index contributed by atoms with van der Waals surface area (Å²) in [5.41, 5.74) is -0.768. The molecule has 0 fully saturated rings. The number of ether oxygens (including phenoxy) is 2. The van der Waals surface area contributed by atoms with Gasteiger partial charge in [0.1, 0.15) is 13.2 Å². The normalized spacial score (nSPS) is 14.1. The molecule has 5 nitrogen and oxygen atoms in total. The molecule has 1 N–H and O–H groups in total. The molecule has 84 valence electrons. The van der Waals surface area contributed by atoms with Crippen LogP contribution >= 0.6 is 22.6 Å². The number of aliphatic hydroxyl groups is 1. The van der Waals surface area contributed by atoms with Crippen LogP contribution in [-0.4, -0.2) is 42.6 Å². The molecule has 0 saturated heterocycles. The van der Waals surface area contributed by atoms with Gasteiger partial charge in [0, 0.05) is 0 Å². The van der Waals surface area contributed by atoms with Crippen LogP contribution in [0.15, 0.2) is 0 Å².